The fraction of sp³-hybridized carbons (Fsp3) is 0.286. The Hall–Kier alpha value is -0.770. The van der Waals surface area contributed by atoms with Crippen LogP contribution in [0.2, 0.25) is 0 Å². The molecule has 4 N–H and O–H groups in total. The Morgan fingerprint density at radius 3 is 2.53 bits per heavy atom. The normalized spacial score (nSPS) is 11.5. The molecule has 1 rings (SSSR count). The van der Waals surface area contributed by atoms with Crippen molar-refractivity contribution in [2.24, 2.45) is 5.73 Å². The summed E-state index contributed by atoms with van der Waals surface area (Å²) in [5.74, 6) is -0.616. The van der Waals surface area contributed by atoms with Gasteiger partial charge in [0.25, 0.3) is 0 Å². The summed E-state index contributed by atoms with van der Waals surface area (Å²) in [6.45, 7) is -0.102. The third-order valence-corrected chi connectivity index (χ3v) is 2.34. The molecule has 8 heteroatoms. The Morgan fingerprint density at radius 2 is 2.07 bits per heavy atom. The maximum absolute atomic E-state index is 11.9. The SMILES string of the molecule is NCc1cc(I)c(N)nc1OC(F)(F)F. The van der Waals surface area contributed by atoms with Gasteiger partial charge in [-0.25, -0.2) is 0 Å². The van der Waals surface area contributed by atoms with Gasteiger partial charge < -0.3 is 16.2 Å². The van der Waals surface area contributed by atoms with E-state index < -0.39 is 12.2 Å². The molecular formula is C7H7F3IN3O. The second-order valence-electron chi connectivity index (χ2n) is 2.57. The van der Waals surface area contributed by atoms with Gasteiger partial charge >= 0.3 is 6.36 Å². The second-order valence-corrected chi connectivity index (χ2v) is 3.73. The van der Waals surface area contributed by atoms with Gasteiger partial charge in [0.2, 0.25) is 5.88 Å². The minimum atomic E-state index is -4.80. The number of nitrogens with zero attached hydrogens (tertiary/aromatic N) is 1. The van der Waals surface area contributed by atoms with E-state index in [-0.39, 0.29) is 17.9 Å². The Labute approximate surface area is 96.9 Å². The molecule has 0 atom stereocenters. The molecule has 0 aliphatic heterocycles. The fourth-order valence-corrected chi connectivity index (χ4v) is 1.36. The van der Waals surface area contributed by atoms with Gasteiger partial charge in [-0.1, -0.05) is 0 Å². The minimum absolute atomic E-state index is 0.0212. The largest absolute Gasteiger partial charge is 0.574 e. The predicted octanol–water partition coefficient (Wildman–Crippen LogP) is 1.63. The van der Waals surface area contributed by atoms with Crippen molar-refractivity contribution in [3.8, 4) is 5.88 Å². The first-order valence-corrected chi connectivity index (χ1v) is 4.82. The zero-order chi connectivity index (χ0) is 11.6. The summed E-state index contributed by atoms with van der Waals surface area (Å²) in [5.41, 5.74) is 10.8. The van der Waals surface area contributed by atoms with Crippen LogP contribution >= 0.6 is 22.6 Å². The zero-order valence-electron chi connectivity index (χ0n) is 7.31. The molecule has 0 radical (unpaired) electrons. The standard InChI is InChI=1S/C7H7F3IN3O/c8-7(9,10)15-6-3(2-12)1-4(11)5(13)14-6/h1H,2,12H2,(H2,13,14). The number of nitrogen functional groups attached to an aromatic ring is 1. The molecule has 0 spiro atoms. The van der Waals surface area contributed by atoms with Gasteiger partial charge in [-0.05, 0) is 28.7 Å². The maximum atomic E-state index is 11.9. The van der Waals surface area contributed by atoms with E-state index in [0.29, 0.717) is 3.57 Å². The van der Waals surface area contributed by atoms with E-state index in [9.17, 15) is 13.2 Å². The van der Waals surface area contributed by atoms with Gasteiger partial charge in [0.05, 0.1) is 3.57 Å². The number of alkyl halides is 3. The van der Waals surface area contributed by atoms with Gasteiger partial charge in [-0.2, -0.15) is 4.98 Å². The summed E-state index contributed by atoms with van der Waals surface area (Å²) in [7, 11) is 0. The summed E-state index contributed by atoms with van der Waals surface area (Å²) < 4.78 is 40.0. The molecule has 4 nitrogen and oxygen atoms in total. The highest BCUT2D eigenvalue weighted by Gasteiger charge is 2.33. The van der Waals surface area contributed by atoms with Crippen LogP contribution in [0, 0.1) is 3.57 Å². The van der Waals surface area contributed by atoms with Crippen molar-refractivity contribution in [1.29, 1.82) is 0 Å². The van der Waals surface area contributed by atoms with E-state index in [4.69, 9.17) is 11.5 Å². The van der Waals surface area contributed by atoms with Gasteiger partial charge in [-0.3, -0.25) is 0 Å². The van der Waals surface area contributed by atoms with Crippen molar-refractivity contribution >= 4 is 28.4 Å². The van der Waals surface area contributed by atoms with Crippen LogP contribution in [-0.4, -0.2) is 11.3 Å². The molecule has 1 aromatic heterocycles. The molecule has 1 heterocycles. The van der Waals surface area contributed by atoms with Crippen LogP contribution in [0.15, 0.2) is 6.07 Å². The molecule has 0 saturated carbocycles. The van der Waals surface area contributed by atoms with Crippen LogP contribution in [0.1, 0.15) is 5.56 Å². The summed E-state index contributed by atoms with van der Waals surface area (Å²) >= 11 is 1.85. The topological polar surface area (TPSA) is 74.2 Å². The average molecular weight is 333 g/mol. The lowest BCUT2D eigenvalue weighted by Crippen LogP contribution is -2.20. The quantitative estimate of drug-likeness (QED) is 0.807. The molecule has 15 heavy (non-hydrogen) atoms. The first-order valence-electron chi connectivity index (χ1n) is 3.74. The van der Waals surface area contributed by atoms with Crippen LogP contribution < -0.4 is 16.2 Å². The van der Waals surface area contributed by atoms with E-state index >= 15 is 0 Å². The second kappa shape index (κ2) is 4.39. The van der Waals surface area contributed by atoms with Gasteiger partial charge in [-0.15, -0.1) is 13.2 Å². The highest BCUT2D eigenvalue weighted by molar-refractivity contribution is 14.1. The summed E-state index contributed by atoms with van der Waals surface area (Å²) in [5, 5.41) is 0. The lowest BCUT2D eigenvalue weighted by molar-refractivity contribution is -0.276. The third kappa shape index (κ3) is 3.38. The molecule has 0 amide bonds. The van der Waals surface area contributed by atoms with Crippen molar-refractivity contribution in [3.63, 3.8) is 0 Å². The molecule has 0 fully saturated rings. The Balaban J connectivity index is 3.11. The number of anilines is 1. The van der Waals surface area contributed by atoms with Crippen molar-refractivity contribution in [2.75, 3.05) is 5.73 Å². The van der Waals surface area contributed by atoms with Crippen LogP contribution in [0.3, 0.4) is 0 Å². The van der Waals surface area contributed by atoms with E-state index in [1.54, 1.807) is 0 Å². The van der Waals surface area contributed by atoms with Crippen molar-refractivity contribution in [2.45, 2.75) is 12.9 Å². The van der Waals surface area contributed by atoms with Crippen LogP contribution in [-0.2, 0) is 6.54 Å². The Kier molecular flexibility index (Phi) is 3.60. The minimum Gasteiger partial charge on any atom is -0.387 e. The first-order chi connectivity index (χ1) is 6.83. The molecule has 0 aromatic carbocycles. The highest BCUT2D eigenvalue weighted by atomic mass is 127. The molecule has 0 bridgehead atoms. The number of hydrogen-bond acceptors (Lipinski definition) is 4. The van der Waals surface area contributed by atoms with E-state index in [1.807, 2.05) is 22.6 Å². The number of pyridine rings is 1. The molecule has 84 valence electrons. The van der Waals surface area contributed by atoms with E-state index in [0.717, 1.165) is 0 Å². The number of halogens is 4. The molecule has 1 aromatic rings. The number of rotatable bonds is 2. The van der Waals surface area contributed by atoms with E-state index in [1.165, 1.54) is 6.07 Å². The van der Waals surface area contributed by atoms with Crippen molar-refractivity contribution < 1.29 is 17.9 Å². The predicted molar refractivity (Wildman–Crippen MR) is 55.9 cm³/mol. The number of hydrogen-bond donors (Lipinski definition) is 2. The van der Waals surface area contributed by atoms with Crippen molar-refractivity contribution in [3.05, 3.63) is 15.2 Å². The average Bonchev–Trinajstić information content (AvgIpc) is 2.08. The lowest BCUT2D eigenvalue weighted by Gasteiger charge is -2.12. The van der Waals surface area contributed by atoms with Crippen LogP contribution in [0.5, 0.6) is 5.88 Å². The first kappa shape index (κ1) is 12.3. The van der Waals surface area contributed by atoms with Crippen molar-refractivity contribution in [1.82, 2.24) is 4.98 Å². The monoisotopic (exact) mass is 333 g/mol. The fourth-order valence-electron chi connectivity index (χ4n) is 0.867. The number of ether oxygens (including phenoxy) is 1. The van der Waals surface area contributed by atoms with Gasteiger partial charge in [0.15, 0.2) is 0 Å². The Morgan fingerprint density at radius 1 is 1.47 bits per heavy atom. The lowest BCUT2D eigenvalue weighted by atomic mass is 10.2. The molecule has 0 unspecified atom stereocenters. The molecule has 0 aliphatic rings. The summed E-state index contributed by atoms with van der Waals surface area (Å²) in [4.78, 5) is 3.48. The molecular weight excluding hydrogens is 326 g/mol. The van der Waals surface area contributed by atoms with Crippen LogP contribution in [0.25, 0.3) is 0 Å². The highest BCUT2D eigenvalue weighted by Crippen LogP contribution is 2.27. The zero-order valence-corrected chi connectivity index (χ0v) is 9.46. The smallest absolute Gasteiger partial charge is 0.387 e. The Bertz CT molecular complexity index is 369. The maximum Gasteiger partial charge on any atom is 0.574 e. The summed E-state index contributed by atoms with van der Waals surface area (Å²) in [6.07, 6.45) is -4.80. The van der Waals surface area contributed by atoms with Gasteiger partial charge in [0, 0.05) is 12.1 Å². The van der Waals surface area contributed by atoms with E-state index in [2.05, 4.69) is 9.72 Å². The number of nitrogens with two attached hydrogens (primary N) is 2. The summed E-state index contributed by atoms with van der Waals surface area (Å²) in [6, 6.07) is 1.41. The van der Waals surface area contributed by atoms with Gasteiger partial charge in [0.1, 0.15) is 5.82 Å². The third-order valence-electron chi connectivity index (χ3n) is 1.47. The molecule has 0 saturated heterocycles. The van der Waals surface area contributed by atoms with Crippen LogP contribution in [0.4, 0.5) is 19.0 Å². The molecule has 0 aliphatic carbocycles. The number of aromatic nitrogens is 1.